The lowest BCUT2D eigenvalue weighted by Crippen LogP contribution is -2.52. The molecule has 0 spiro atoms. The Morgan fingerprint density at radius 2 is 2.00 bits per heavy atom. The van der Waals surface area contributed by atoms with E-state index < -0.39 is 5.41 Å². The molecule has 5 nitrogen and oxygen atoms in total. The normalized spacial score (nSPS) is 18.1. The number of carbonyl (C=O) groups excluding carboxylic acids is 1. The van der Waals surface area contributed by atoms with Gasteiger partial charge in [0.1, 0.15) is 5.41 Å². The van der Waals surface area contributed by atoms with Crippen molar-refractivity contribution in [1.29, 1.82) is 5.26 Å². The third-order valence-corrected chi connectivity index (χ3v) is 4.08. The van der Waals surface area contributed by atoms with E-state index in [0.29, 0.717) is 13.1 Å². The van der Waals surface area contributed by atoms with Crippen LogP contribution < -0.4 is 0 Å². The lowest BCUT2D eigenvalue weighted by atomic mass is 9.93. The molecule has 1 unspecified atom stereocenters. The monoisotopic (exact) mass is 286 g/mol. The summed E-state index contributed by atoms with van der Waals surface area (Å²) in [4.78, 5) is 20.8. The quantitative estimate of drug-likeness (QED) is 0.850. The average molecular weight is 286 g/mol. The van der Waals surface area contributed by atoms with Gasteiger partial charge in [0, 0.05) is 38.4 Å². The molecular weight excluding hydrogens is 264 g/mol. The van der Waals surface area contributed by atoms with Crippen LogP contribution in [-0.2, 0) is 4.79 Å². The zero-order valence-corrected chi connectivity index (χ0v) is 12.9. The van der Waals surface area contributed by atoms with Gasteiger partial charge < -0.3 is 4.90 Å². The lowest BCUT2D eigenvalue weighted by molar-refractivity contribution is -0.139. The van der Waals surface area contributed by atoms with E-state index in [4.69, 9.17) is 5.26 Å². The minimum atomic E-state index is -0.936. The molecule has 2 heterocycles. The molecule has 0 N–H and O–H groups in total. The average Bonchev–Trinajstić information content (AvgIpc) is 2.54. The molecular formula is C16H22N4O. The van der Waals surface area contributed by atoms with Crippen molar-refractivity contribution >= 4 is 5.91 Å². The van der Waals surface area contributed by atoms with Gasteiger partial charge >= 0.3 is 0 Å². The van der Waals surface area contributed by atoms with Gasteiger partial charge in [-0.05, 0) is 32.9 Å². The fourth-order valence-electron chi connectivity index (χ4n) is 2.57. The summed E-state index contributed by atoms with van der Waals surface area (Å²) < 4.78 is 0. The molecule has 1 fully saturated rings. The number of nitrogens with zero attached hydrogens (tertiary/aromatic N) is 4. The molecule has 0 aromatic carbocycles. The van der Waals surface area contributed by atoms with Gasteiger partial charge in [-0.25, -0.2) is 0 Å². The van der Waals surface area contributed by atoms with Crippen molar-refractivity contribution in [3.63, 3.8) is 0 Å². The van der Waals surface area contributed by atoms with Crippen molar-refractivity contribution < 1.29 is 4.79 Å². The number of piperazine rings is 1. The van der Waals surface area contributed by atoms with Crippen LogP contribution in [0.25, 0.3) is 0 Å². The van der Waals surface area contributed by atoms with Crippen LogP contribution >= 0.6 is 0 Å². The molecule has 5 heteroatoms. The van der Waals surface area contributed by atoms with Crippen molar-refractivity contribution in [2.75, 3.05) is 26.2 Å². The fourth-order valence-corrected chi connectivity index (χ4v) is 2.57. The molecule has 1 aliphatic rings. The topological polar surface area (TPSA) is 60.2 Å². The van der Waals surface area contributed by atoms with Crippen LogP contribution in [0.15, 0.2) is 24.4 Å². The molecule has 0 aliphatic carbocycles. The van der Waals surface area contributed by atoms with Crippen molar-refractivity contribution in [1.82, 2.24) is 14.8 Å². The Morgan fingerprint density at radius 1 is 1.33 bits per heavy atom. The van der Waals surface area contributed by atoms with Gasteiger partial charge in [-0.1, -0.05) is 6.07 Å². The number of carbonyl (C=O) groups is 1. The summed E-state index contributed by atoms with van der Waals surface area (Å²) in [5.41, 5.74) is 0.115. The highest BCUT2D eigenvalue weighted by Crippen LogP contribution is 2.22. The summed E-state index contributed by atoms with van der Waals surface area (Å²) in [5.74, 6) is -0.0739. The van der Waals surface area contributed by atoms with Gasteiger partial charge in [0.2, 0.25) is 5.91 Å². The third-order valence-electron chi connectivity index (χ3n) is 4.08. The van der Waals surface area contributed by atoms with Crippen LogP contribution in [0.3, 0.4) is 0 Å². The minimum absolute atomic E-state index is 0.0739. The standard InChI is InChI=1S/C16H22N4O/c1-13(14-6-4-5-7-18-14)19-8-10-20(11-9-19)15(21)16(2,3)12-17/h4-7,13H,8-11H2,1-3H3. The third kappa shape index (κ3) is 3.40. The molecule has 21 heavy (non-hydrogen) atoms. The molecule has 2 rings (SSSR count). The first-order valence-electron chi connectivity index (χ1n) is 7.31. The number of hydrogen-bond donors (Lipinski definition) is 0. The van der Waals surface area contributed by atoms with Crippen LogP contribution in [0.2, 0.25) is 0 Å². The Morgan fingerprint density at radius 3 is 2.52 bits per heavy atom. The summed E-state index contributed by atoms with van der Waals surface area (Å²) >= 11 is 0. The SMILES string of the molecule is CC(c1ccccn1)N1CCN(C(=O)C(C)(C)C#N)CC1. The van der Waals surface area contributed by atoms with E-state index in [1.54, 1.807) is 24.9 Å². The first-order chi connectivity index (χ1) is 9.95. The Kier molecular flexibility index (Phi) is 4.59. The second kappa shape index (κ2) is 6.23. The van der Waals surface area contributed by atoms with Crippen LogP contribution in [0.5, 0.6) is 0 Å². The van der Waals surface area contributed by atoms with E-state index in [9.17, 15) is 4.79 Å². The number of aromatic nitrogens is 1. The van der Waals surface area contributed by atoms with Gasteiger partial charge in [-0.3, -0.25) is 14.7 Å². The van der Waals surface area contributed by atoms with Crippen LogP contribution in [0.4, 0.5) is 0 Å². The molecule has 1 saturated heterocycles. The summed E-state index contributed by atoms with van der Waals surface area (Å²) in [6.45, 7) is 8.45. The molecule has 1 aromatic heterocycles. The van der Waals surface area contributed by atoms with Gasteiger partial charge in [0.15, 0.2) is 0 Å². The van der Waals surface area contributed by atoms with E-state index in [1.807, 2.05) is 18.2 Å². The smallest absolute Gasteiger partial charge is 0.242 e. The predicted molar refractivity (Wildman–Crippen MR) is 80.2 cm³/mol. The maximum absolute atomic E-state index is 12.3. The van der Waals surface area contributed by atoms with E-state index in [-0.39, 0.29) is 11.9 Å². The van der Waals surface area contributed by atoms with Crippen LogP contribution in [0.1, 0.15) is 32.5 Å². The summed E-state index contributed by atoms with van der Waals surface area (Å²) in [5, 5.41) is 9.07. The maximum Gasteiger partial charge on any atom is 0.242 e. The largest absolute Gasteiger partial charge is 0.339 e. The van der Waals surface area contributed by atoms with E-state index >= 15 is 0 Å². The minimum Gasteiger partial charge on any atom is -0.339 e. The number of amides is 1. The number of hydrogen-bond acceptors (Lipinski definition) is 4. The first-order valence-corrected chi connectivity index (χ1v) is 7.31. The van der Waals surface area contributed by atoms with Gasteiger partial charge in [-0.2, -0.15) is 5.26 Å². The molecule has 1 aliphatic heterocycles. The summed E-state index contributed by atoms with van der Waals surface area (Å²) in [6, 6.07) is 8.26. The molecule has 0 radical (unpaired) electrons. The first kappa shape index (κ1) is 15.5. The van der Waals surface area contributed by atoms with Crippen molar-refractivity contribution in [2.24, 2.45) is 5.41 Å². The fraction of sp³-hybridized carbons (Fsp3) is 0.562. The number of nitriles is 1. The van der Waals surface area contributed by atoms with Gasteiger partial charge in [-0.15, -0.1) is 0 Å². The highest BCUT2D eigenvalue weighted by Gasteiger charge is 2.34. The molecule has 1 atom stereocenters. The highest BCUT2D eigenvalue weighted by molar-refractivity contribution is 5.84. The van der Waals surface area contributed by atoms with Gasteiger partial charge in [0.05, 0.1) is 11.8 Å². The second-order valence-corrected chi connectivity index (χ2v) is 6.00. The Balaban J connectivity index is 1.95. The van der Waals surface area contributed by atoms with E-state index in [2.05, 4.69) is 22.9 Å². The molecule has 112 valence electrons. The lowest BCUT2D eigenvalue weighted by Gasteiger charge is -2.39. The van der Waals surface area contributed by atoms with E-state index in [1.165, 1.54) is 0 Å². The van der Waals surface area contributed by atoms with Gasteiger partial charge in [0.25, 0.3) is 0 Å². The van der Waals surface area contributed by atoms with Crippen molar-refractivity contribution in [2.45, 2.75) is 26.8 Å². The second-order valence-electron chi connectivity index (χ2n) is 6.00. The predicted octanol–water partition coefficient (Wildman–Crippen LogP) is 1.84. The Hall–Kier alpha value is -1.93. The van der Waals surface area contributed by atoms with Crippen molar-refractivity contribution in [3.8, 4) is 6.07 Å². The van der Waals surface area contributed by atoms with Crippen LogP contribution in [0, 0.1) is 16.7 Å². The number of rotatable bonds is 3. The van der Waals surface area contributed by atoms with Crippen molar-refractivity contribution in [3.05, 3.63) is 30.1 Å². The highest BCUT2D eigenvalue weighted by atomic mass is 16.2. The summed E-state index contributed by atoms with van der Waals surface area (Å²) in [7, 11) is 0. The maximum atomic E-state index is 12.3. The molecule has 0 bridgehead atoms. The van der Waals surface area contributed by atoms with E-state index in [0.717, 1.165) is 18.8 Å². The Bertz CT molecular complexity index is 527. The zero-order valence-electron chi connectivity index (χ0n) is 12.9. The summed E-state index contributed by atoms with van der Waals surface area (Å²) in [6.07, 6.45) is 1.81. The molecule has 0 saturated carbocycles. The molecule has 1 amide bonds. The molecule has 1 aromatic rings. The van der Waals surface area contributed by atoms with Crippen LogP contribution in [-0.4, -0.2) is 46.9 Å². The Labute approximate surface area is 126 Å². The number of pyridine rings is 1. The zero-order chi connectivity index (χ0) is 15.5.